The lowest BCUT2D eigenvalue weighted by Gasteiger charge is -2.31. The van der Waals surface area contributed by atoms with Gasteiger partial charge in [-0.05, 0) is 36.6 Å². The Balaban J connectivity index is 1.66. The van der Waals surface area contributed by atoms with Crippen LogP contribution in [0.3, 0.4) is 0 Å². The lowest BCUT2D eigenvalue weighted by molar-refractivity contribution is -0.116. The second-order valence-electron chi connectivity index (χ2n) is 6.92. The number of allylic oxidation sites excluding steroid dienone is 2. The zero-order valence-corrected chi connectivity index (χ0v) is 15.4. The maximum atomic E-state index is 12.8. The van der Waals surface area contributed by atoms with Crippen molar-refractivity contribution < 1.29 is 9.53 Å². The summed E-state index contributed by atoms with van der Waals surface area (Å²) in [5, 5.41) is 8.10. The number of aromatic nitrogens is 4. The molecule has 1 N–H and O–H groups in total. The van der Waals surface area contributed by atoms with Crippen LogP contribution in [0.1, 0.15) is 30.9 Å². The van der Waals surface area contributed by atoms with Crippen LogP contribution in [0.25, 0.3) is 11.4 Å². The zero-order chi connectivity index (χ0) is 19.1. The predicted octanol–water partition coefficient (Wildman–Crippen LogP) is 3.37. The van der Waals surface area contributed by atoms with Gasteiger partial charge in [0.05, 0.1) is 7.11 Å². The molecule has 28 heavy (non-hydrogen) atoms. The Kier molecular flexibility index (Phi) is 3.93. The number of benzene rings is 1. The van der Waals surface area contributed by atoms with Crippen LogP contribution in [0.2, 0.25) is 0 Å². The Morgan fingerprint density at radius 2 is 2.14 bits per heavy atom. The highest BCUT2D eigenvalue weighted by atomic mass is 16.5. The first-order valence-corrected chi connectivity index (χ1v) is 9.29. The van der Waals surface area contributed by atoms with Gasteiger partial charge >= 0.3 is 0 Å². The summed E-state index contributed by atoms with van der Waals surface area (Å²) in [6.07, 6.45) is 5.76. The Morgan fingerprint density at radius 3 is 2.96 bits per heavy atom. The van der Waals surface area contributed by atoms with E-state index in [1.54, 1.807) is 24.2 Å². The first-order valence-electron chi connectivity index (χ1n) is 9.29. The number of nitrogens with one attached hydrogen (secondary N) is 1. The Hall–Kier alpha value is -3.48. The molecule has 0 saturated heterocycles. The number of ketones is 1. The molecule has 0 amide bonds. The van der Waals surface area contributed by atoms with E-state index in [-0.39, 0.29) is 11.8 Å². The fourth-order valence-corrected chi connectivity index (χ4v) is 3.89. The van der Waals surface area contributed by atoms with E-state index in [9.17, 15) is 4.79 Å². The number of Topliss-reactive ketones (excluding diaryl/α,β-unsaturated/α-hetero) is 1. The second-order valence-corrected chi connectivity index (χ2v) is 6.92. The third kappa shape index (κ3) is 2.67. The van der Waals surface area contributed by atoms with E-state index >= 15 is 0 Å². The van der Waals surface area contributed by atoms with Crippen LogP contribution in [-0.2, 0) is 4.79 Å². The molecular weight excluding hydrogens is 354 g/mol. The van der Waals surface area contributed by atoms with Crippen LogP contribution >= 0.6 is 0 Å². The molecule has 5 rings (SSSR count). The van der Waals surface area contributed by atoms with Gasteiger partial charge in [-0.2, -0.15) is 4.98 Å². The topological polar surface area (TPSA) is 81.9 Å². The number of hydrogen-bond donors (Lipinski definition) is 1. The van der Waals surface area contributed by atoms with Gasteiger partial charge in [0.15, 0.2) is 11.6 Å². The van der Waals surface area contributed by atoms with Crippen molar-refractivity contribution in [3.8, 4) is 17.1 Å². The Bertz CT molecular complexity index is 1090. The lowest BCUT2D eigenvalue weighted by atomic mass is 9.86. The van der Waals surface area contributed by atoms with Gasteiger partial charge in [0.2, 0.25) is 5.95 Å². The summed E-state index contributed by atoms with van der Waals surface area (Å²) < 4.78 is 7.12. The summed E-state index contributed by atoms with van der Waals surface area (Å²) in [6, 6.07) is 11.2. The number of anilines is 1. The Labute approximate surface area is 162 Å². The normalized spacial score (nSPS) is 18.3. The quantitative estimate of drug-likeness (QED) is 0.758. The highest BCUT2D eigenvalue weighted by molar-refractivity contribution is 5.99. The molecule has 0 bridgehead atoms. The molecule has 1 atom stereocenters. The molecular formula is C21H19N5O2. The van der Waals surface area contributed by atoms with Crippen LogP contribution in [0, 0.1) is 0 Å². The number of hydrogen-bond acceptors (Lipinski definition) is 6. The lowest BCUT2D eigenvalue weighted by Crippen LogP contribution is -2.31. The van der Waals surface area contributed by atoms with Crippen molar-refractivity contribution in [3.63, 3.8) is 0 Å². The van der Waals surface area contributed by atoms with Crippen molar-refractivity contribution in [2.24, 2.45) is 0 Å². The SMILES string of the molecule is COc1cccc(-c2nc3n(n2)[C@H](c2cccnc2)C2=C(CCCC2=O)N3)c1. The van der Waals surface area contributed by atoms with Crippen LogP contribution < -0.4 is 10.1 Å². The summed E-state index contributed by atoms with van der Waals surface area (Å²) in [6.45, 7) is 0. The van der Waals surface area contributed by atoms with Crippen molar-refractivity contribution in [2.45, 2.75) is 25.3 Å². The second kappa shape index (κ2) is 6.60. The number of fused-ring (bicyclic) bond motifs is 1. The van der Waals surface area contributed by atoms with E-state index in [1.807, 2.05) is 36.4 Å². The van der Waals surface area contributed by atoms with E-state index in [4.69, 9.17) is 14.8 Å². The van der Waals surface area contributed by atoms with Crippen LogP contribution in [0.5, 0.6) is 5.75 Å². The van der Waals surface area contributed by atoms with Crippen LogP contribution in [0.15, 0.2) is 60.1 Å². The highest BCUT2D eigenvalue weighted by Gasteiger charge is 2.37. The predicted molar refractivity (Wildman–Crippen MR) is 104 cm³/mol. The molecule has 0 saturated carbocycles. The molecule has 0 radical (unpaired) electrons. The number of rotatable bonds is 3. The Morgan fingerprint density at radius 1 is 1.21 bits per heavy atom. The fraction of sp³-hybridized carbons (Fsp3) is 0.238. The molecule has 3 aromatic rings. The van der Waals surface area contributed by atoms with Gasteiger partial charge in [0.1, 0.15) is 11.8 Å². The van der Waals surface area contributed by atoms with Gasteiger partial charge in [-0.15, -0.1) is 5.10 Å². The minimum Gasteiger partial charge on any atom is -0.497 e. The van der Waals surface area contributed by atoms with E-state index < -0.39 is 0 Å². The van der Waals surface area contributed by atoms with E-state index in [0.29, 0.717) is 18.2 Å². The largest absolute Gasteiger partial charge is 0.497 e. The molecule has 2 aromatic heterocycles. The van der Waals surface area contributed by atoms with Crippen molar-refractivity contribution in [2.75, 3.05) is 12.4 Å². The first kappa shape index (κ1) is 16.7. The summed E-state index contributed by atoms with van der Waals surface area (Å²) >= 11 is 0. The highest BCUT2D eigenvalue weighted by Crippen LogP contribution is 2.40. The minimum absolute atomic E-state index is 0.159. The molecule has 140 valence electrons. The van der Waals surface area contributed by atoms with Crippen molar-refractivity contribution >= 4 is 11.7 Å². The molecule has 0 fully saturated rings. The van der Waals surface area contributed by atoms with E-state index in [1.165, 1.54) is 0 Å². The monoisotopic (exact) mass is 373 g/mol. The number of nitrogens with zero attached hydrogens (tertiary/aromatic N) is 4. The summed E-state index contributed by atoms with van der Waals surface area (Å²) in [7, 11) is 1.63. The molecule has 1 aromatic carbocycles. The van der Waals surface area contributed by atoms with Crippen molar-refractivity contribution in [1.29, 1.82) is 0 Å². The minimum atomic E-state index is -0.320. The molecule has 0 spiro atoms. The maximum absolute atomic E-state index is 12.8. The smallest absolute Gasteiger partial charge is 0.226 e. The number of ether oxygens (including phenoxy) is 1. The van der Waals surface area contributed by atoms with Crippen molar-refractivity contribution in [3.05, 3.63) is 65.6 Å². The average molecular weight is 373 g/mol. The van der Waals surface area contributed by atoms with Gasteiger partial charge < -0.3 is 10.1 Å². The van der Waals surface area contributed by atoms with E-state index in [2.05, 4.69) is 10.3 Å². The number of pyridine rings is 1. The molecule has 7 nitrogen and oxygen atoms in total. The number of carbonyl (C=O) groups is 1. The van der Waals surface area contributed by atoms with Gasteiger partial charge in [0.25, 0.3) is 0 Å². The number of methoxy groups -OCH3 is 1. The van der Waals surface area contributed by atoms with Crippen LogP contribution in [0.4, 0.5) is 5.95 Å². The van der Waals surface area contributed by atoms with Gasteiger partial charge in [0, 0.05) is 35.6 Å². The zero-order valence-electron chi connectivity index (χ0n) is 15.4. The molecule has 1 aliphatic heterocycles. The van der Waals surface area contributed by atoms with Gasteiger partial charge in [-0.1, -0.05) is 18.2 Å². The number of carbonyl (C=O) groups excluding carboxylic acids is 1. The summed E-state index contributed by atoms with van der Waals surface area (Å²) in [5.74, 6) is 2.13. The third-order valence-corrected chi connectivity index (χ3v) is 5.20. The third-order valence-electron chi connectivity index (χ3n) is 5.20. The molecule has 1 aliphatic carbocycles. The molecule has 0 unspecified atom stereocenters. The standard InChI is InChI=1S/C21H19N5O2/c1-28-15-7-2-5-13(11-15)20-24-21-23-16-8-3-9-17(27)18(16)19(26(21)25-20)14-6-4-10-22-12-14/h2,4-7,10-12,19H,3,8-9H2,1H3,(H,23,24,25)/t19-/m1/s1. The molecule has 3 heterocycles. The maximum Gasteiger partial charge on any atom is 0.226 e. The average Bonchev–Trinajstić information content (AvgIpc) is 3.17. The first-order chi connectivity index (χ1) is 13.7. The van der Waals surface area contributed by atoms with Gasteiger partial charge in [-0.3, -0.25) is 9.78 Å². The van der Waals surface area contributed by atoms with Crippen molar-refractivity contribution in [1.82, 2.24) is 19.7 Å². The molecule has 2 aliphatic rings. The van der Waals surface area contributed by atoms with E-state index in [0.717, 1.165) is 41.0 Å². The molecule has 7 heteroatoms. The van der Waals surface area contributed by atoms with Gasteiger partial charge in [-0.25, -0.2) is 4.68 Å². The van der Waals surface area contributed by atoms with Crippen LogP contribution in [-0.4, -0.2) is 32.6 Å². The fourth-order valence-electron chi connectivity index (χ4n) is 3.89. The summed E-state index contributed by atoms with van der Waals surface area (Å²) in [5.41, 5.74) is 3.50. The summed E-state index contributed by atoms with van der Waals surface area (Å²) in [4.78, 5) is 21.7.